The zero-order chi connectivity index (χ0) is 16.9. The third-order valence-corrected chi connectivity index (χ3v) is 4.64. The molecule has 1 N–H and O–H groups in total. The van der Waals surface area contributed by atoms with E-state index in [1.165, 1.54) is 32.1 Å². The van der Waals surface area contributed by atoms with Gasteiger partial charge in [0.2, 0.25) is 5.91 Å². The fraction of sp³-hybridized carbons (Fsp3) is 0.889. The van der Waals surface area contributed by atoms with Gasteiger partial charge in [0.15, 0.2) is 0 Å². The highest BCUT2D eigenvalue weighted by Gasteiger charge is 2.37. The van der Waals surface area contributed by atoms with Gasteiger partial charge in [0.25, 0.3) is 0 Å². The van der Waals surface area contributed by atoms with E-state index in [2.05, 4.69) is 5.32 Å². The molecule has 1 aliphatic carbocycles. The first-order valence-corrected chi connectivity index (χ1v) is 9.17. The second-order valence-electron chi connectivity index (χ2n) is 7.88. The predicted molar refractivity (Wildman–Crippen MR) is 90.2 cm³/mol. The zero-order valence-corrected chi connectivity index (χ0v) is 14.9. The third-order valence-electron chi connectivity index (χ3n) is 4.64. The highest BCUT2D eigenvalue weighted by Crippen LogP contribution is 2.22. The number of nitrogens with one attached hydrogen (secondary N) is 1. The lowest BCUT2D eigenvalue weighted by Crippen LogP contribution is -2.50. The van der Waals surface area contributed by atoms with Crippen LogP contribution >= 0.6 is 0 Å². The molecule has 1 saturated heterocycles. The van der Waals surface area contributed by atoms with Gasteiger partial charge in [-0.05, 0) is 46.5 Å². The SMILES string of the molecule is CC(C)(C)OC(=O)N1CCCC1C(=O)NC1CCCCCCC1. The maximum Gasteiger partial charge on any atom is 0.410 e. The van der Waals surface area contributed by atoms with Crippen LogP contribution in [0.1, 0.15) is 78.6 Å². The molecule has 1 atom stereocenters. The van der Waals surface area contributed by atoms with Crippen molar-refractivity contribution in [2.75, 3.05) is 6.54 Å². The number of nitrogens with zero attached hydrogens (tertiary/aromatic N) is 1. The molecule has 23 heavy (non-hydrogen) atoms. The van der Waals surface area contributed by atoms with Crippen LogP contribution in [0.25, 0.3) is 0 Å². The maximum atomic E-state index is 12.6. The highest BCUT2D eigenvalue weighted by molar-refractivity contribution is 5.86. The largest absolute Gasteiger partial charge is 0.444 e. The predicted octanol–water partition coefficient (Wildman–Crippen LogP) is 3.62. The molecule has 0 bridgehead atoms. The monoisotopic (exact) mass is 324 g/mol. The smallest absolute Gasteiger partial charge is 0.410 e. The molecule has 1 unspecified atom stereocenters. The van der Waals surface area contributed by atoms with Crippen LogP contribution in [-0.2, 0) is 9.53 Å². The Morgan fingerprint density at radius 1 is 0.957 bits per heavy atom. The number of ether oxygens (including phenoxy) is 1. The summed E-state index contributed by atoms with van der Waals surface area (Å²) in [6.07, 6.45) is 9.56. The van der Waals surface area contributed by atoms with Gasteiger partial charge in [-0.2, -0.15) is 0 Å². The topological polar surface area (TPSA) is 58.6 Å². The van der Waals surface area contributed by atoms with E-state index >= 15 is 0 Å². The summed E-state index contributed by atoms with van der Waals surface area (Å²) in [6, 6.07) is -0.0980. The number of carbonyl (C=O) groups is 2. The van der Waals surface area contributed by atoms with Gasteiger partial charge in [-0.1, -0.05) is 32.1 Å². The van der Waals surface area contributed by atoms with E-state index in [1.54, 1.807) is 4.90 Å². The summed E-state index contributed by atoms with van der Waals surface area (Å²) in [4.78, 5) is 26.5. The van der Waals surface area contributed by atoms with Crippen LogP contribution in [-0.4, -0.2) is 41.1 Å². The van der Waals surface area contributed by atoms with Crippen molar-refractivity contribution < 1.29 is 14.3 Å². The van der Waals surface area contributed by atoms with Crippen LogP contribution in [0.5, 0.6) is 0 Å². The Bertz CT molecular complexity index is 409. The second kappa shape index (κ2) is 8.02. The average Bonchev–Trinajstić information content (AvgIpc) is 2.89. The fourth-order valence-electron chi connectivity index (χ4n) is 3.48. The molecular formula is C18H32N2O3. The van der Waals surface area contributed by atoms with E-state index in [0.29, 0.717) is 6.54 Å². The molecule has 0 radical (unpaired) electrons. The number of carbonyl (C=O) groups excluding carboxylic acids is 2. The van der Waals surface area contributed by atoms with Crippen LogP contribution in [0, 0.1) is 0 Å². The van der Waals surface area contributed by atoms with Gasteiger partial charge >= 0.3 is 6.09 Å². The Balaban J connectivity index is 1.90. The van der Waals surface area contributed by atoms with Gasteiger partial charge < -0.3 is 10.1 Å². The van der Waals surface area contributed by atoms with Crippen LogP contribution < -0.4 is 5.32 Å². The first-order chi connectivity index (χ1) is 10.9. The normalized spacial score (nSPS) is 24.0. The van der Waals surface area contributed by atoms with Crippen molar-refractivity contribution >= 4 is 12.0 Å². The Morgan fingerprint density at radius 2 is 1.57 bits per heavy atom. The summed E-state index contributed by atoms with van der Waals surface area (Å²) in [6.45, 7) is 6.16. The van der Waals surface area contributed by atoms with E-state index < -0.39 is 5.60 Å². The summed E-state index contributed by atoms with van der Waals surface area (Å²) in [5.41, 5.74) is -0.528. The molecular weight excluding hydrogens is 292 g/mol. The molecule has 0 aromatic rings. The van der Waals surface area contributed by atoms with Gasteiger partial charge in [0.1, 0.15) is 11.6 Å². The van der Waals surface area contributed by atoms with Gasteiger partial charge in [0.05, 0.1) is 0 Å². The van der Waals surface area contributed by atoms with Gasteiger partial charge in [-0.3, -0.25) is 9.69 Å². The molecule has 0 aromatic carbocycles. The van der Waals surface area contributed by atoms with Crippen molar-refractivity contribution in [3.05, 3.63) is 0 Å². The lowest BCUT2D eigenvalue weighted by atomic mass is 9.96. The minimum atomic E-state index is -0.528. The van der Waals surface area contributed by atoms with Crippen LogP contribution in [0.2, 0.25) is 0 Å². The number of amides is 2. The van der Waals surface area contributed by atoms with Gasteiger partial charge in [-0.25, -0.2) is 4.79 Å². The van der Waals surface area contributed by atoms with Crippen molar-refractivity contribution in [2.24, 2.45) is 0 Å². The standard InChI is InChI=1S/C18H32N2O3/c1-18(2,3)23-17(22)20-13-9-12-15(20)16(21)19-14-10-7-5-4-6-8-11-14/h14-15H,4-13H2,1-3H3,(H,19,21). The minimum absolute atomic E-state index is 0.000988. The highest BCUT2D eigenvalue weighted by atomic mass is 16.6. The van der Waals surface area contributed by atoms with Gasteiger partial charge in [0, 0.05) is 12.6 Å². The molecule has 0 spiro atoms. The third kappa shape index (κ3) is 5.70. The van der Waals surface area contributed by atoms with Crippen molar-refractivity contribution in [2.45, 2.75) is 96.2 Å². The van der Waals surface area contributed by atoms with E-state index in [4.69, 9.17) is 4.74 Å². The number of hydrogen-bond donors (Lipinski definition) is 1. The minimum Gasteiger partial charge on any atom is -0.444 e. The lowest BCUT2D eigenvalue weighted by molar-refractivity contribution is -0.126. The van der Waals surface area contributed by atoms with E-state index in [0.717, 1.165) is 25.7 Å². The molecule has 2 fully saturated rings. The molecule has 1 saturated carbocycles. The van der Waals surface area contributed by atoms with Gasteiger partial charge in [-0.15, -0.1) is 0 Å². The molecule has 2 rings (SSSR count). The molecule has 2 aliphatic rings. The number of likely N-dealkylation sites (tertiary alicyclic amines) is 1. The van der Waals surface area contributed by atoms with Crippen molar-refractivity contribution in [3.63, 3.8) is 0 Å². The number of hydrogen-bond acceptors (Lipinski definition) is 3. The van der Waals surface area contributed by atoms with Crippen LogP contribution in [0.4, 0.5) is 4.79 Å². The summed E-state index contributed by atoms with van der Waals surface area (Å²) in [5.74, 6) is -0.000988. The fourth-order valence-corrected chi connectivity index (χ4v) is 3.48. The molecule has 132 valence electrons. The van der Waals surface area contributed by atoms with E-state index in [-0.39, 0.29) is 24.1 Å². The molecule has 2 amide bonds. The first-order valence-electron chi connectivity index (χ1n) is 9.17. The maximum absolute atomic E-state index is 12.6. The molecule has 5 heteroatoms. The zero-order valence-electron chi connectivity index (χ0n) is 14.9. The lowest BCUT2D eigenvalue weighted by Gasteiger charge is -2.29. The molecule has 1 heterocycles. The second-order valence-corrected chi connectivity index (χ2v) is 7.88. The Kier molecular flexibility index (Phi) is 6.31. The van der Waals surface area contributed by atoms with Crippen molar-refractivity contribution in [1.82, 2.24) is 10.2 Å². The first kappa shape index (κ1) is 18.1. The van der Waals surface area contributed by atoms with Crippen molar-refractivity contribution in [3.8, 4) is 0 Å². The van der Waals surface area contributed by atoms with Crippen LogP contribution in [0.15, 0.2) is 0 Å². The molecule has 0 aromatic heterocycles. The van der Waals surface area contributed by atoms with E-state index in [9.17, 15) is 9.59 Å². The summed E-state index contributed by atoms with van der Waals surface area (Å²) < 4.78 is 5.44. The van der Waals surface area contributed by atoms with E-state index in [1.807, 2.05) is 20.8 Å². The quantitative estimate of drug-likeness (QED) is 0.844. The Labute approximate surface area is 140 Å². The average molecular weight is 324 g/mol. The summed E-state index contributed by atoms with van der Waals surface area (Å²) in [7, 11) is 0. The summed E-state index contributed by atoms with van der Waals surface area (Å²) >= 11 is 0. The Hall–Kier alpha value is -1.26. The molecule has 1 aliphatic heterocycles. The Morgan fingerprint density at radius 3 is 2.17 bits per heavy atom. The molecule has 5 nitrogen and oxygen atoms in total. The summed E-state index contributed by atoms with van der Waals surface area (Å²) in [5, 5.41) is 3.19. The van der Waals surface area contributed by atoms with Crippen LogP contribution in [0.3, 0.4) is 0 Å². The van der Waals surface area contributed by atoms with Crippen molar-refractivity contribution in [1.29, 1.82) is 0 Å². The number of rotatable bonds is 2.